The van der Waals surface area contributed by atoms with E-state index in [1.807, 2.05) is 24.3 Å². The number of aliphatic hydroxyl groups excluding tert-OH is 1. The number of aromatic amines is 1. The minimum absolute atomic E-state index is 0.0437. The van der Waals surface area contributed by atoms with Gasteiger partial charge in [0.1, 0.15) is 5.82 Å². The van der Waals surface area contributed by atoms with E-state index in [1.165, 1.54) is 0 Å². The number of aromatic nitrogens is 1. The van der Waals surface area contributed by atoms with Crippen LogP contribution in [-0.2, 0) is 0 Å². The van der Waals surface area contributed by atoms with Gasteiger partial charge in [-0.05, 0) is 18.2 Å². The fourth-order valence-corrected chi connectivity index (χ4v) is 3.06. The number of aliphatic hydroxyl groups is 1. The van der Waals surface area contributed by atoms with E-state index in [2.05, 4.69) is 31.1 Å². The van der Waals surface area contributed by atoms with Crippen molar-refractivity contribution in [3.05, 3.63) is 39.1 Å². The molecule has 6 heteroatoms. The van der Waals surface area contributed by atoms with Gasteiger partial charge in [0.05, 0.1) is 6.61 Å². The summed E-state index contributed by atoms with van der Waals surface area (Å²) < 4.78 is 0.913. The van der Waals surface area contributed by atoms with Crippen molar-refractivity contribution in [1.29, 1.82) is 0 Å². The van der Waals surface area contributed by atoms with Gasteiger partial charge in [-0.1, -0.05) is 22.0 Å². The number of hydrogen-bond acceptors (Lipinski definition) is 4. The van der Waals surface area contributed by atoms with Gasteiger partial charge in [-0.3, -0.25) is 4.79 Å². The molecule has 1 aliphatic rings. The first-order valence-electron chi connectivity index (χ1n) is 6.60. The first-order valence-corrected chi connectivity index (χ1v) is 7.39. The van der Waals surface area contributed by atoms with Crippen LogP contribution in [0.1, 0.15) is 0 Å². The predicted octanol–water partition coefficient (Wildman–Crippen LogP) is 1.06. The molecule has 20 heavy (non-hydrogen) atoms. The Morgan fingerprint density at radius 3 is 3.05 bits per heavy atom. The lowest BCUT2D eigenvalue weighted by Crippen LogP contribution is -2.52. The third-order valence-electron chi connectivity index (χ3n) is 3.64. The molecule has 2 heterocycles. The van der Waals surface area contributed by atoms with Crippen molar-refractivity contribution < 1.29 is 5.11 Å². The largest absolute Gasteiger partial charge is 0.395 e. The van der Waals surface area contributed by atoms with E-state index in [-0.39, 0.29) is 18.2 Å². The fraction of sp³-hybridized carbons (Fsp3) is 0.357. The van der Waals surface area contributed by atoms with Gasteiger partial charge in [0, 0.05) is 40.9 Å². The van der Waals surface area contributed by atoms with Gasteiger partial charge in [0.25, 0.3) is 5.56 Å². The maximum atomic E-state index is 12.2. The summed E-state index contributed by atoms with van der Waals surface area (Å²) in [4.78, 5) is 17.2. The molecule has 0 amide bonds. The van der Waals surface area contributed by atoms with Gasteiger partial charge in [-0.15, -0.1) is 0 Å². The number of halogens is 1. The van der Waals surface area contributed by atoms with Crippen molar-refractivity contribution in [3.8, 4) is 0 Å². The molecule has 5 nitrogen and oxygen atoms in total. The van der Waals surface area contributed by atoms with Gasteiger partial charge >= 0.3 is 0 Å². The topological polar surface area (TPSA) is 68.4 Å². The Morgan fingerprint density at radius 2 is 2.25 bits per heavy atom. The van der Waals surface area contributed by atoms with Crippen molar-refractivity contribution in [1.82, 2.24) is 10.3 Å². The van der Waals surface area contributed by atoms with Crippen molar-refractivity contribution in [2.24, 2.45) is 0 Å². The Kier molecular flexibility index (Phi) is 3.78. The Balaban J connectivity index is 2.04. The molecule has 1 unspecified atom stereocenters. The van der Waals surface area contributed by atoms with Gasteiger partial charge < -0.3 is 20.3 Å². The highest BCUT2D eigenvalue weighted by molar-refractivity contribution is 9.10. The van der Waals surface area contributed by atoms with Crippen LogP contribution in [0.2, 0.25) is 0 Å². The average Bonchev–Trinajstić information content (AvgIpc) is 2.48. The number of anilines is 1. The number of piperazine rings is 1. The SMILES string of the molecule is O=c1[nH]c(N2CCNC(CO)C2)cc2c(Br)cccc12. The van der Waals surface area contributed by atoms with E-state index in [0.29, 0.717) is 11.9 Å². The van der Waals surface area contributed by atoms with E-state index in [9.17, 15) is 9.90 Å². The second-order valence-electron chi connectivity index (χ2n) is 4.96. The molecule has 1 aromatic carbocycles. The molecule has 0 bridgehead atoms. The molecule has 1 atom stereocenters. The number of pyridine rings is 1. The van der Waals surface area contributed by atoms with Gasteiger partial charge in [0.15, 0.2) is 0 Å². The minimum atomic E-state index is -0.0853. The van der Waals surface area contributed by atoms with Crippen LogP contribution in [0.5, 0.6) is 0 Å². The van der Waals surface area contributed by atoms with Gasteiger partial charge in [0.2, 0.25) is 0 Å². The predicted molar refractivity (Wildman–Crippen MR) is 83.4 cm³/mol. The smallest absolute Gasteiger partial charge is 0.257 e. The monoisotopic (exact) mass is 337 g/mol. The van der Waals surface area contributed by atoms with Crippen LogP contribution in [0, 0.1) is 0 Å². The second-order valence-corrected chi connectivity index (χ2v) is 5.82. The van der Waals surface area contributed by atoms with E-state index in [4.69, 9.17) is 0 Å². The quantitative estimate of drug-likeness (QED) is 0.766. The average molecular weight is 338 g/mol. The van der Waals surface area contributed by atoms with Gasteiger partial charge in [-0.2, -0.15) is 0 Å². The summed E-state index contributed by atoms with van der Waals surface area (Å²) >= 11 is 3.49. The second kappa shape index (κ2) is 5.55. The number of nitrogens with zero attached hydrogens (tertiary/aromatic N) is 1. The van der Waals surface area contributed by atoms with Crippen LogP contribution in [-0.4, -0.2) is 42.4 Å². The van der Waals surface area contributed by atoms with Crippen molar-refractivity contribution in [3.63, 3.8) is 0 Å². The van der Waals surface area contributed by atoms with Gasteiger partial charge in [-0.25, -0.2) is 0 Å². The molecule has 1 aliphatic heterocycles. The molecule has 3 rings (SSSR count). The fourth-order valence-electron chi connectivity index (χ4n) is 2.58. The zero-order valence-corrected chi connectivity index (χ0v) is 12.5. The molecule has 0 radical (unpaired) electrons. The summed E-state index contributed by atoms with van der Waals surface area (Å²) in [6.45, 7) is 2.38. The molecule has 2 aromatic rings. The molecular formula is C14H16BrN3O2. The number of benzene rings is 1. The summed E-state index contributed by atoms with van der Waals surface area (Å²) in [6.07, 6.45) is 0. The van der Waals surface area contributed by atoms with Crippen LogP contribution in [0.3, 0.4) is 0 Å². The number of H-pyrrole nitrogens is 1. The van der Waals surface area contributed by atoms with Crippen LogP contribution in [0.4, 0.5) is 5.82 Å². The summed E-state index contributed by atoms with van der Waals surface area (Å²) in [7, 11) is 0. The van der Waals surface area contributed by atoms with E-state index < -0.39 is 0 Å². The number of hydrogen-bond donors (Lipinski definition) is 3. The van der Waals surface area contributed by atoms with Crippen molar-refractivity contribution >= 4 is 32.5 Å². The third-order valence-corrected chi connectivity index (χ3v) is 4.33. The number of fused-ring (bicyclic) bond motifs is 1. The summed E-state index contributed by atoms with van der Waals surface area (Å²) in [5.41, 5.74) is -0.0853. The highest BCUT2D eigenvalue weighted by atomic mass is 79.9. The Labute approximate surface area is 124 Å². The third kappa shape index (κ3) is 2.46. The standard InChI is InChI=1S/C14H16BrN3O2/c15-12-3-1-2-10-11(12)6-13(17-14(10)20)18-5-4-16-9(7-18)8-19/h1-3,6,9,16,19H,4-5,7-8H2,(H,17,20). The molecule has 0 spiro atoms. The molecule has 1 aromatic heterocycles. The molecule has 0 saturated carbocycles. The molecular weight excluding hydrogens is 322 g/mol. The highest BCUT2D eigenvalue weighted by Gasteiger charge is 2.20. The molecule has 0 aliphatic carbocycles. The van der Waals surface area contributed by atoms with E-state index in [0.717, 1.165) is 28.8 Å². The lowest BCUT2D eigenvalue weighted by atomic mass is 10.1. The molecule has 1 fully saturated rings. The van der Waals surface area contributed by atoms with Crippen LogP contribution >= 0.6 is 15.9 Å². The first kappa shape index (κ1) is 13.6. The van der Waals surface area contributed by atoms with Crippen molar-refractivity contribution in [2.75, 3.05) is 31.1 Å². The summed E-state index contributed by atoms with van der Waals surface area (Å²) in [5, 5.41) is 14.1. The zero-order chi connectivity index (χ0) is 14.1. The Morgan fingerprint density at radius 1 is 1.40 bits per heavy atom. The maximum Gasteiger partial charge on any atom is 0.257 e. The Hall–Kier alpha value is -1.37. The maximum absolute atomic E-state index is 12.2. The van der Waals surface area contributed by atoms with E-state index in [1.54, 1.807) is 0 Å². The number of nitrogens with one attached hydrogen (secondary N) is 2. The lowest BCUT2D eigenvalue weighted by Gasteiger charge is -2.34. The Bertz CT molecular complexity index is 686. The van der Waals surface area contributed by atoms with Crippen LogP contribution < -0.4 is 15.8 Å². The lowest BCUT2D eigenvalue weighted by molar-refractivity contribution is 0.235. The van der Waals surface area contributed by atoms with E-state index >= 15 is 0 Å². The summed E-state index contributed by atoms with van der Waals surface area (Å²) in [5.74, 6) is 0.800. The summed E-state index contributed by atoms with van der Waals surface area (Å²) in [6, 6.07) is 7.63. The zero-order valence-electron chi connectivity index (χ0n) is 10.9. The molecule has 106 valence electrons. The van der Waals surface area contributed by atoms with Crippen LogP contribution in [0.15, 0.2) is 33.5 Å². The molecule has 1 saturated heterocycles. The normalized spacial score (nSPS) is 19.5. The number of rotatable bonds is 2. The van der Waals surface area contributed by atoms with Crippen molar-refractivity contribution in [2.45, 2.75) is 6.04 Å². The molecule has 3 N–H and O–H groups in total. The highest BCUT2D eigenvalue weighted by Crippen LogP contribution is 2.24. The first-order chi connectivity index (χ1) is 9.69. The van der Waals surface area contributed by atoms with Crippen LogP contribution in [0.25, 0.3) is 10.8 Å². The minimum Gasteiger partial charge on any atom is -0.395 e.